The summed E-state index contributed by atoms with van der Waals surface area (Å²) in [6.07, 6.45) is -1.13. The lowest BCUT2D eigenvalue weighted by atomic mass is 10.1. The minimum atomic E-state index is -1.13. The van der Waals surface area contributed by atoms with E-state index < -0.39 is 12.0 Å². The first-order valence-electron chi connectivity index (χ1n) is 4.12. The van der Waals surface area contributed by atoms with Crippen molar-refractivity contribution in [2.75, 3.05) is 0 Å². The van der Waals surface area contributed by atoms with Crippen LogP contribution in [-0.4, -0.2) is 9.97 Å². The van der Waals surface area contributed by atoms with Gasteiger partial charge in [0.25, 0.3) is 0 Å². The number of hydrogen-bond acceptors (Lipinski definition) is 2. The molecule has 5 heteroatoms. The zero-order chi connectivity index (χ0) is 10.8. The molecule has 0 amide bonds. The van der Waals surface area contributed by atoms with Crippen LogP contribution in [0, 0.1) is 12.0 Å². The molecule has 2 aromatic rings. The molecule has 0 aliphatic carbocycles. The third kappa shape index (κ3) is 1.94. The van der Waals surface area contributed by atoms with Crippen molar-refractivity contribution in [3.05, 3.63) is 47.4 Å². The van der Waals surface area contributed by atoms with Gasteiger partial charge in [-0.2, -0.15) is 13.8 Å². The number of rotatable bonds is 1. The maximum absolute atomic E-state index is 13.0. The van der Waals surface area contributed by atoms with E-state index in [2.05, 4.69) is 9.97 Å². The van der Waals surface area contributed by atoms with Crippen LogP contribution < -0.4 is 0 Å². The topological polar surface area (TPSA) is 25.8 Å². The first-order valence-corrected chi connectivity index (χ1v) is 4.50. The van der Waals surface area contributed by atoms with Gasteiger partial charge in [-0.15, -0.1) is 0 Å². The molecule has 0 saturated heterocycles. The van der Waals surface area contributed by atoms with Crippen molar-refractivity contribution < 1.29 is 8.78 Å². The summed E-state index contributed by atoms with van der Waals surface area (Å²) in [6, 6.07) is 8.55. The highest BCUT2D eigenvalue weighted by atomic mass is 35.5. The Hall–Kier alpha value is -1.55. The van der Waals surface area contributed by atoms with Crippen molar-refractivity contribution in [3.63, 3.8) is 0 Å². The van der Waals surface area contributed by atoms with E-state index in [1.165, 1.54) is 0 Å². The maximum Gasteiger partial charge on any atom is 0.311 e. The monoisotopic (exact) mass is 226 g/mol. The highest BCUT2D eigenvalue weighted by Gasteiger charge is 2.13. The number of hydrogen-bond donors (Lipinski definition) is 0. The average Bonchev–Trinajstić information content (AvgIpc) is 2.24. The van der Waals surface area contributed by atoms with Gasteiger partial charge in [0.15, 0.2) is 0 Å². The summed E-state index contributed by atoms with van der Waals surface area (Å²) in [6.45, 7) is 0. The highest BCUT2D eigenvalue weighted by molar-refractivity contribution is 6.33. The molecule has 0 unspecified atom stereocenters. The van der Waals surface area contributed by atoms with E-state index in [0.29, 0.717) is 5.56 Å². The molecule has 76 valence electrons. The van der Waals surface area contributed by atoms with Crippen molar-refractivity contribution in [2.45, 2.75) is 0 Å². The number of nitrogens with zero attached hydrogens (tertiary/aromatic N) is 2. The van der Waals surface area contributed by atoms with Crippen LogP contribution in [-0.2, 0) is 0 Å². The molecular weight excluding hydrogens is 222 g/mol. The molecule has 1 heterocycles. The van der Waals surface area contributed by atoms with Crippen LogP contribution >= 0.6 is 11.6 Å². The van der Waals surface area contributed by atoms with Gasteiger partial charge in [0.2, 0.25) is 5.95 Å². The molecular formula is C10H5ClF2N2. The second kappa shape index (κ2) is 3.90. The van der Waals surface area contributed by atoms with Crippen LogP contribution in [0.15, 0.2) is 30.3 Å². The Labute approximate surface area is 89.6 Å². The Morgan fingerprint density at radius 1 is 1.00 bits per heavy atom. The first-order chi connectivity index (χ1) is 7.18. The summed E-state index contributed by atoms with van der Waals surface area (Å²) in [5.41, 5.74) is 0.602. The van der Waals surface area contributed by atoms with Crippen LogP contribution in [0.25, 0.3) is 11.3 Å². The summed E-state index contributed by atoms with van der Waals surface area (Å²) >= 11 is 5.63. The van der Waals surface area contributed by atoms with Crippen LogP contribution in [0.4, 0.5) is 8.78 Å². The zero-order valence-electron chi connectivity index (χ0n) is 7.42. The lowest BCUT2D eigenvalue weighted by Gasteiger charge is -2.03. The van der Waals surface area contributed by atoms with Crippen molar-refractivity contribution in [2.24, 2.45) is 0 Å². The molecule has 0 radical (unpaired) electrons. The number of halogens is 3. The normalized spacial score (nSPS) is 10.3. The standard InChI is InChI=1S/C10H5ClF2N2/c11-7-8(6-4-2-1-3-5-6)14-10(13)15-9(7)12/h1-5H. The Kier molecular flexibility index (Phi) is 2.60. The Morgan fingerprint density at radius 3 is 2.33 bits per heavy atom. The van der Waals surface area contributed by atoms with E-state index in [1.807, 2.05) is 0 Å². The van der Waals surface area contributed by atoms with Gasteiger partial charge in [-0.1, -0.05) is 41.9 Å². The van der Waals surface area contributed by atoms with Crippen molar-refractivity contribution >= 4 is 11.6 Å². The molecule has 1 aromatic carbocycles. The fraction of sp³-hybridized carbons (Fsp3) is 0. The van der Waals surface area contributed by atoms with Crippen molar-refractivity contribution in [1.29, 1.82) is 0 Å². The third-order valence-corrected chi connectivity index (χ3v) is 2.17. The molecule has 0 atom stereocenters. The Balaban J connectivity index is 2.63. The second-order valence-corrected chi connectivity index (χ2v) is 3.19. The second-order valence-electron chi connectivity index (χ2n) is 2.81. The molecule has 0 aliphatic rings. The molecule has 0 spiro atoms. The molecule has 0 fully saturated rings. The fourth-order valence-electron chi connectivity index (χ4n) is 1.18. The highest BCUT2D eigenvalue weighted by Crippen LogP contribution is 2.26. The van der Waals surface area contributed by atoms with Gasteiger partial charge in [-0.3, -0.25) is 0 Å². The maximum atomic E-state index is 13.0. The molecule has 0 bridgehead atoms. The van der Waals surface area contributed by atoms with E-state index in [0.717, 1.165) is 0 Å². The van der Waals surface area contributed by atoms with E-state index in [1.54, 1.807) is 30.3 Å². The van der Waals surface area contributed by atoms with Gasteiger partial charge in [0.1, 0.15) is 5.02 Å². The predicted molar refractivity (Wildman–Crippen MR) is 52.4 cm³/mol. The molecule has 2 nitrogen and oxygen atoms in total. The van der Waals surface area contributed by atoms with E-state index in [4.69, 9.17) is 11.6 Å². The Bertz CT molecular complexity index is 488. The van der Waals surface area contributed by atoms with Crippen molar-refractivity contribution in [1.82, 2.24) is 9.97 Å². The van der Waals surface area contributed by atoms with Crippen molar-refractivity contribution in [3.8, 4) is 11.3 Å². The van der Waals surface area contributed by atoms with E-state index in [9.17, 15) is 8.78 Å². The van der Waals surface area contributed by atoms with E-state index in [-0.39, 0.29) is 10.7 Å². The zero-order valence-corrected chi connectivity index (χ0v) is 8.17. The van der Waals surface area contributed by atoms with Gasteiger partial charge in [-0.05, 0) is 0 Å². The van der Waals surface area contributed by atoms with Crippen LogP contribution in [0.1, 0.15) is 0 Å². The lowest BCUT2D eigenvalue weighted by Crippen LogP contribution is -1.97. The molecule has 0 N–H and O–H groups in total. The molecule has 0 aliphatic heterocycles. The molecule has 1 aromatic heterocycles. The van der Waals surface area contributed by atoms with Gasteiger partial charge in [-0.25, -0.2) is 4.98 Å². The Morgan fingerprint density at radius 2 is 1.67 bits per heavy atom. The van der Waals surface area contributed by atoms with Gasteiger partial charge < -0.3 is 0 Å². The third-order valence-electron chi connectivity index (χ3n) is 1.83. The quantitative estimate of drug-likeness (QED) is 0.552. The van der Waals surface area contributed by atoms with Gasteiger partial charge in [0.05, 0.1) is 5.69 Å². The SMILES string of the molecule is Fc1nc(F)c(Cl)c(-c2ccccc2)n1. The molecule has 0 saturated carbocycles. The minimum absolute atomic E-state index is 0.0577. The molecule has 15 heavy (non-hydrogen) atoms. The summed E-state index contributed by atoms with van der Waals surface area (Å²) in [7, 11) is 0. The number of aromatic nitrogens is 2. The van der Waals surface area contributed by atoms with Gasteiger partial charge in [0, 0.05) is 5.56 Å². The summed E-state index contributed by atoms with van der Waals surface area (Å²) in [4.78, 5) is 6.34. The predicted octanol–water partition coefficient (Wildman–Crippen LogP) is 3.08. The first kappa shape index (κ1) is 9.98. The smallest absolute Gasteiger partial charge is 0.200 e. The lowest BCUT2D eigenvalue weighted by molar-refractivity contribution is 0.484. The average molecular weight is 227 g/mol. The largest absolute Gasteiger partial charge is 0.311 e. The van der Waals surface area contributed by atoms with Crippen LogP contribution in [0.5, 0.6) is 0 Å². The van der Waals surface area contributed by atoms with Crippen LogP contribution in [0.2, 0.25) is 5.02 Å². The molecule has 2 rings (SSSR count). The van der Waals surface area contributed by atoms with Crippen LogP contribution in [0.3, 0.4) is 0 Å². The van der Waals surface area contributed by atoms with Gasteiger partial charge >= 0.3 is 6.08 Å². The summed E-state index contributed by atoms with van der Waals surface area (Å²) < 4.78 is 25.8. The summed E-state index contributed by atoms with van der Waals surface area (Å²) in [5, 5.41) is -0.275. The number of benzene rings is 1. The fourth-order valence-corrected chi connectivity index (χ4v) is 1.38. The minimum Gasteiger partial charge on any atom is -0.200 e. The van der Waals surface area contributed by atoms with E-state index >= 15 is 0 Å². The summed E-state index contributed by atoms with van der Waals surface area (Å²) in [5.74, 6) is -1.05.